The minimum Gasteiger partial charge on any atom is -0.462 e. The number of hydrogen-bond acceptors (Lipinski definition) is 4. The zero-order chi connectivity index (χ0) is 13.8. The zero-order valence-corrected chi connectivity index (χ0v) is 9.95. The van der Waals surface area contributed by atoms with Gasteiger partial charge in [-0.2, -0.15) is 18.3 Å². The largest absolute Gasteiger partial charge is 0.462 e. The third kappa shape index (κ3) is 3.22. The molecule has 1 aromatic rings. The molecule has 0 amide bonds. The fraction of sp³-hybridized carbons (Fsp3) is 0.600. The van der Waals surface area contributed by atoms with E-state index in [1.165, 1.54) is 14.0 Å². The molecule has 8 heteroatoms. The lowest BCUT2D eigenvalue weighted by Crippen LogP contribution is -2.20. The van der Waals surface area contributed by atoms with Crippen LogP contribution in [0.15, 0.2) is 6.20 Å². The second-order valence-corrected chi connectivity index (χ2v) is 3.34. The number of carbonyl (C=O) groups is 1. The first-order valence-corrected chi connectivity index (χ1v) is 5.20. The Morgan fingerprint density at radius 1 is 1.50 bits per heavy atom. The van der Waals surface area contributed by atoms with Gasteiger partial charge in [-0.3, -0.25) is 4.68 Å². The highest BCUT2D eigenvalue weighted by Crippen LogP contribution is 2.32. The summed E-state index contributed by atoms with van der Waals surface area (Å²) < 4.78 is 48.5. The Kier molecular flexibility index (Phi) is 4.71. The summed E-state index contributed by atoms with van der Waals surface area (Å²) in [6.07, 6.45) is -3.82. The lowest BCUT2D eigenvalue weighted by molar-refractivity contribution is -0.145. The van der Waals surface area contributed by atoms with Crippen LogP contribution in [0.2, 0.25) is 0 Å². The smallest absolute Gasteiger partial charge is 0.433 e. The van der Waals surface area contributed by atoms with Crippen LogP contribution in [0.25, 0.3) is 0 Å². The van der Waals surface area contributed by atoms with Gasteiger partial charge in [0.15, 0.2) is 5.69 Å². The van der Waals surface area contributed by atoms with Crippen LogP contribution in [0, 0.1) is 0 Å². The minimum absolute atomic E-state index is 0.000614. The number of esters is 1. The van der Waals surface area contributed by atoms with E-state index < -0.39 is 23.4 Å². The van der Waals surface area contributed by atoms with Gasteiger partial charge in [-0.1, -0.05) is 0 Å². The van der Waals surface area contributed by atoms with E-state index in [2.05, 4.69) is 14.6 Å². The predicted octanol–water partition coefficient (Wildman–Crippen LogP) is 1.72. The molecule has 0 aliphatic rings. The second-order valence-electron chi connectivity index (χ2n) is 3.34. The van der Waals surface area contributed by atoms with Gasteiger partial charge < -0.3 is 9.47 Å². The molecule has 0 aliphatic carbocycles. The van der Waals surface area contributed by atoms with Gasteiger partial charge >= 0.3 is 12.1 Å². The first-order chi connectivity index (χ1) is 8.41. The number of carbonyl (C=O) groups excluding carboxylic acids is 1. The van der Waals surface area contributed by atoms with Crippen LogP contribution in [-0.4, -0.2) is 36.1 Å². The van der Waals surface area contributed by atoms with Crippen molar-refractivity contribution in [2.45, 2.75) is 19.6 Å². The maximum atomic E-state index is 12.9. The normalized spacial score (nSPS) is 11.6. The van der Waals surface area contributed by atoms with Crippen LogP contribution in [0.3, 0.4) is 0 Å². The molecule has 0 saturated carbocycles. The molecule has 5 nitrogen and oxygen atoms in total. The van der Waals surface area contributed by atoms with Crippen molar-refractivity contribution >= 4 is 5.97 Å². The predicted molar refractivity (Wildman–Crippen MR) is 55.1 cm³/mol. The van der Waals surface area contributed by atoms with E-state index in [1.54, 1.807) is 0 Å². The molecule has 18 heavy (non-hydrogen) atoms. The first-order valence-electron chi connectivity index (χ1n) is 5.20. The van der Waals surface area contributed by atoms with Crippen LogP contribution in [0.1, 0.15) is 23.0 Å². The van der Waals surface area contributed by atoms with E-state index in [0.717, 1.165) is 6.20 Å². The number of halogens is 3. The van der Waals surface area contributed by atoms with Crippen LogP contribution < -0.4 is 0 Å². The van der Waals surface area contributed by atoms with Gasteiger partial charge in [0, 0.05) is 7.11 Å². The van der Waals surface area contributed by atoms with E-state index in [1.807, 2.05) is 0 Å². The summed E-state index contributed by atoms with van der Waals surface area (Å²) in [5.74, 6) is -1.03. The Hall–Kier alpha value is -1.57. The number of rotatable bonds is 5. The Labute approximate surface area is 101 Å². The summed E-state index contributed by atoms with van der Waals surface area (Å²) in [7, 11) is 1.36. The molecule has 0 spiro atoms. The first kappa shape index (κ1) is 14.5. The van der Waals surface area contributed by atoms with Crippen molar-refractivity contribution in [3.63, 3.8) is 0 Å². The average molecular weight is 266 g/mol. The Balaban J connectivity index is 3.11. The van der Waals surface area contributed by atoms with Crippen molar-refractivity contribution in [2.75, 3.05) is 20.3 Å². The molecule has 0 aromatic carbocycles. The number of alkyl halides is 3. The SMILES string of the molecule is CCOC(=O)c1cnn(CCOC)c1C(F)(F)F. The summed E-state index contributed by atoms with van der Waals surface area (Å²) in [5.41, 5.74) is -1.70. The summed E-state index contributed by atoms with van der Waals surface area (Å²) in [5, 5.41) is 3.54. The van der Waals surface area contributed by atoms with Crippen LogP contribution in [0.5, 0.6) is 0 Å². The average Bonchev–Trinajstić information content (AvgIpc) is 2.70. The molecule has 1 aromatic heterocycles. The Morgan fingerprint density at radius 3 is 2.67 bits per heavy atom. The molecule has 0 radical (unpaired) electrons. The molecule has 0 atom stereocenters. The number of aromatic nitrogens is 2. The molecule has 1 heterocycles. The summed E-state index contributed by atoms with van der Waals surface area (Å²) >= 11 is 0. The van der Waals surface area contributed by atoms with E-state index in [9.17, 15) is 18.0 Å². The molecule has 102 valence electrons. The van der Waals surface area contributed by atoms with Gasteiger partial charge in [0.2, 0.25) is 0 Å². The molecule has 0 fully saturated rings. The van der Waals surface area contributed by atoms with Gasteiger partial charge in [0.05, 0.1) is 26.0 Å². The van der Waals surface area contributed by atoms with Gasteiger partial charge in [0.1, 0.15) is 5.56 Å². The number of hydrogen-bond donors (Lipinski definition) is 0. The van der Waals surface area contributed by atoms with Crippen molar-refractivity contribution in [2.24, 2.45) is 0 Å². The summed E-state index contributed by atoms with van der Waals surface area (Å²) in [6.45, 7) is 1.48. The van der Waals surface area contributed by atoms with Gasteiger partial charge in [0.25, 0.3) is 0 Å². The second kappa shape index (κ2) is 5.85. The summed E-state index contributed by atoms with van der Waals surface area (Å²) in [6, 6.07) is 0. The molecule has 0 bridgehead atoms. The van der Waals surface area contributed by atoms with E-state index in [4.69, 9.17) is 0 Å². The monoisotopic (exact) mass is 266 g/mol. The quantitative estimate of drug-likeness (QED) is 0.761. The molecule has 1 rings (SSSR count). The van der Waals surface area contributed by atoms with Gasteiger partial charge in [-0.15, -0.1) is 0 Å². The Morgan fingerprint density at radius 2 is 2.17 bits per heavy atom. The number of ether oxygens (including phenoxy) is 2. The lowest BCUT2D eigenvalue weighted by atomic mass is 10.2. The highest BCUT2D eigenvalue weighted by atomic mass is 19.4. The van der Waals surface area contributed by atoms with Gasteiger partial charge in [-0.05, 0) is 6.92 Å². The third-order valence-corrected chi connectivity index (χ3v) is 2.11. The van der Waals surface area contributed by atoms with Crippen LogP contribution in [0.4, 0.5) is 13.2 Å². The number of methoxy groups -OCH3 is 1. The maximum Gasteiger partial charge on any atom is 0.433 e. The van der Waals surface area contributed by atoms with Crippen molar-refractivity contribution < 1.29 is 27.4 Å². The van der Waals surface area contributed by atoms with Gasteiger partial charge in [-0.25, -0.2) is 4.79 Å². The third-order valence-electron chi connectivity index (χ3n) is 2.11. The molecule has 0 N–H and O–H groups in total. The van der Waals surface area contributed by atoms with Crippen molar-refractivity contribution in [1.29, 1.82) is 0 Å². The Bertz CT molecular complexity index is 415. The molecule has 0 saturated heterocycles. The fourth-order valence-electron chi connectivity index (χ4n) is 1.39. The summed E-state index contributed by atoms with van der Waals surface area (Å²) in [4.78, 5) is 11.4. The highest BCUT2D eigenvalue weighted by molar-refractivity contribution is 5.90. The minimum atomic E-state index is -4.67. The molecule has 0 unspecified atom stereocenters. The topological polar surface area (TPSA) is 53.3 Å². The molecular weight excluding hydrogens is 253 g/mol. The fourth-order valence-corrected chi connectivity index (χ4v) is 1.39. The highest BCUT2D eigenvalue weighted by Gasteiger charge is 2.40. The zero-order valence-electron chi connectivity index (χ0n) is 9.95. The molecular formula is C10H13F3N2O3. The molecule has 0 aliphatic heterocycles. The van der Waals surface area contributed by atoms with E-state index >= 15 is 0 Å². The van der Waals surface area contributed by atoms with E-state index in [0.29, 0.717) is 4.68 Å². The van der Waals surface area contributed by atoms with Crippen molar-refractivity contribution in [3.8, 4) is 0 Å². The van der Waals surface area contributed by atoms with Crippen molar-refractivity contribution in [3.05, 3.63) is 17.5 Å². The standard InChI is InChI=1S/C10H13F3N2O3/c1-3-18-9(16)7-6-14-15(4-5-17-2)8(7)10(11,12)13/h6H,3-5H2,1-2H3. The van der Waals surface area contributed by atoms with Crippen LogP contribution >= 0.6 is 0 Å². The maximum absolute atomic E-state index is 12.9. The van der Waals surface area contributed by atoms with Crippen LogP contribution in [-0.2, 0) is 22.2 Å². The van der Waals surface area contributed by atoms with Crippen molar-refractivity contribution in [1.82, 2.24) is 9.78 Å². The number of nitrogens with zero attached hydrogens (tertiary/aromatic N) is 2. The van der Waals surface area contributed by atoms with E-state index in [-0.39, 0.29) is 19.8 Å². The lowest BCUT2D eigenvalue weighted by Gasteiger charge is -2.11.